The Morgan fingerprint density at radius 1 is 1.26 bits per heavy atom. The van der Waals surface area contributed by atoms with Crippen LogP contribution in [0.15, 0.2) is 47.4 Å². The number of H-pyrrole nitrogens is 1. The van der Waals surface area contributed by atoms with Crippen LogP contribution in [0.25, 0.3) is 0 Å². The van der Waals surface area contributed by atoms with Crippen LogP contribution in [0.3, 0.4) is 0 Å². The molecule has 0 aliphatic rings. The fourth-order valence-electron chi connectivity index (χ4n) is 1.93. The summed E-state index contributed by atoms with van der Waals surface area (Å²) < 4.78 is 37.9. The minimum Gasteiger partial charge on any atom is -0.327 e. The zero-order valence-corrected chi connectivity index (χ0v) is 11.9. The third-order valence-electron chi connectivity index (χ3n) is 3.12. The maximum atomic E-state index is 12.6. The number of aromatic amines is 1. The minimum atomic E-state index is -4.63. The second kappa shape index (κ2) is 6.66. The third-order valence-corrected chi connectivity index (χ3v) is 3.12. The zero-order chi connectivity index (χ0) is 17.0. The van der Waals surface area contributed by atoms with E-state index in [4.69, 9.17) is 5.73 Å². The van der Waals surface area contributed by atoms with Crippen molar-refractivity contribution in [2.24, 2.45) is 5.73 Å². The average Bonchev–Trinajstić information content (AvgIpc) is 2.49. The van der Waals surface area contributed by atoms with Crippen molar-refractivity contribution in [1.82, 2.24) is 4.98 Å². The van der Waals surface area contributed by atoms with Gasteiger partial charge in [0.1, 0.15) is 5.69 Å². The quantitative estimate of drug-likeness (QED) is 0.802. The fraction of sp³-hybridized carbons (Fsp3) is 0.200. The van der Waals surface area contributed by atoms with E-state index in [9.17, 15) is 22.8 Å². The lowest BCUT2D eigenvalue weighted by molar-refractivity contribution is -0.137. The average molecular weight is 325 g/mol. The zero-order valence-electron chi connectivity index (χ0n) is 11.9. The molecule has 1 atom stereocenters. The van der Waals surface area contributed by atoms with E-state index in [1.54, 1.807) is 30.3 Å². The van der Waals surface area contributed by atoms with Crippen molar-refractivity contribution in [3.63, 3.8) is 0 Å². The van der Waals surface area contributed by atoms with Crippen LogP contribution in [0, 0.1) is 0 Å². The van der Waals surface area contributed by atoms with Crippen LogP contribution in [0.5, 0.6) is 0 Å². The predicted octanol–water partition coefficient (Wildman–Crippen LogP) is 1.90. The maximum Gasteiger partial charge on any atom is 0.417 e. The molecule has 0 saturated heterocycles. The van der Waals surface area contributed by atoms with Gasteiger partial charge in [-0.15, -0.1) is 0 Å². The summed E-state index contributed by atoms with van der Waals surface area (Å²) >= 11 is 0. The second-order valence-electron chi connectivity index (χ2n) is 4.91. The normalized spacial score (nSPS) is 12.7. The Balaban J connectivity index is 2.12. The molecule has 4 N–H and O–H groups in total. The van der Waals surface area contributed by atoms with Gasteiger partial charge in [-0.25, -0.2) is 0 Å². The maximum absolute atomic E-state index is 12.6. The fourth-order valence-corrected chi connectivity index (χ4v) is 1.93. The number of benzene rings is 1. The number of halogens is 3. The number of rotatable bonds is 4. The molecule has 0 unspecified atom stereocenters. The summed E-state index contributed by atoms with van der Waals surface area (Å²) in [6, 6.07) is 8.47. The lowest BCUT2D eigenvalue weighted by atomic mass is 10.1. The van der Waals surface area contributed by atoms with Crippen molar-refractivity contribution in [3.05, 3.63) is 64.1 Å². The monoisotopic (exact) mass is 325 g/mol. The highest BCUT2D eigenvalue weighted by atomic mass is 19.4. The number of carbonyl (C=O) groups excluding carboxylic acids is 1. The smallest absolute Gasteiger partial charge is 0.327 e. The van der Waals surface area contributed by atoms with Gasteiger partial charge in [-0.3, -0.25) is 9.59 Å². The number of nitrogens with one attached hydrogen (secondary N) is 2. The number of carbonyl (C=O) groups is 1. The third kappa shape index (κ3) is 4.43. The van der Waals surface area contributed by atoms with Crippen LogP contribution in [0.1, 0.15) is 11.1 Å². The lowest BCUT2D eigenvalue weighted by Gasteiger charge is -2.13. The lowest BCUT2D eigenvalue weighted by Crippen LogP contribution is -2.38. The van der Waals surface area contributed by atoms with E-state index in [1.807, 2.05) is 4.98 Å². The Morgan fingerprint density at radius 2 is 1.91 bits per heavy atom. The van der Waals surface area contributed by atoms with E-state index >= 15 is 0 Å². The van der Waals surface area contributed by atoms with E-state index in [-0.39, 0.29) is 6.42 Å². The van der Waals surface area contributed by atoms with Crippen LogP contribution in [0.4, 0.5) is 18.9 Å². The van der Waals surface area contributed by atoms with Gasteiger partial charge in [0.2, 0.25) is 5.91 Å². The Morgan fingerprint density at radius 3 is 2.52 bits per heavy atom. The minimum absolute atomic E-state index is 0.198. The van der Waals surface area contributed by atoms with Crippen molar-refractivity contribution in [1.29, 1.82) is 0 Å². The molecule has 8 heteroatoms. The highest BCUT2D eigenvalue weighted by Crippen LogP contribution is 2.29. The molecule has 5 nitrogen and oxygen atoms in total. The molecular formula is C15H14F3N3O2. The summed E-state index contributed by atoms with van der Waals surface area (Å²) in [5, 5.41) is 2.14. The molecule has 1 amide bonds. The van der Waals surface area contributed by atoms with Crippen molar-refractivity contribution in [2.75, 3.05) is 5.32 Å². The van der Waals surface area contributed by atoms with Crippen LogP contribution < -0.4 is 16.6 Å². The predicted molar refractivity (Wildman–Crippen MR) is 78.8 cm³/mol. The topological polar surface area (TPSA) is 88.0 Å². The van der Waals surface area contributed by atoms with Gasteiger partial charge < -0.3 is 16.0 Å². The van der Waals surface area contributed by atoms with E-state index in [1.165, 1.54) is 0 Å². The molecule has 0 radical (unpaired) electrons. The molecule has 1 aromatic heterocycles. The molecular weight excluding hydrogens is 311 g/mol. The van der Waals surface area contributed by atoms with Gasteiger partial charge in [-0.05, 0) is 18.1 Å². The van der Waals surface area contributed by atoms with Gasteiger partial charge in [0, 0.05) is 6.20 Å². The molecule has 0 aliphatic carbocycles. The van der Waals surface area contributed by atoms with Crippen LogP contribution in [-0.4, -0.2) is 16.9 Å². The molecule has 0 spiro atoms. The van der Waals surface area contributed by atoms with Gasteiger partial charge in [0.25, 0.3) is 5.56 Å². The van der Waals surface area contributed by atoms with Crippen molar-refractivity contribution in [2.45, 2.75) is 18.6 Å². The largest absolute Gasteiger partial charge is 0.417 e. The molecule has 1 heterocycles. The molecule has 0 fully saturated rings. The first-order valence-corrected chi connectivity index (χ1v) is 6.67. The van der Waals surface area contributed by atoms with Crippen LogP contribution >= 0.6 is 0 Å². The number of hydrogen-bond acceptors (Lipinski definition) is 3. The summed E-state index contributed by atoms with van der Waals surface area (Å²) in [5.41, 5.74) is 4.13. The Labute approximate surface area is 129 Å². The van der Waals surface area contributed by atoms with Gasteiger partial charge in [0.05, 0.1) is 11.6 Å². The molecule has 2 rings (SSSR count). The highest BCUT2D eigenvalue weighted by Gasteiger charge is 2.31. The van der Waals surface area contributed by atoms with Gasteiger partial charge in [-0.2, -0.15) is 13.2 Å². The summed E-state index contributed by atoms with van der Waals surface area (Å²) in [4.78, 5) is 25.4. The van der Waals surface area contributed by atoms with Crippen LogP contribution in [-0.2, 0) is 17.4 Å². The number of amides is 1. The van der Waals surface area contributed by atoms with Gasteiger partial charge in [-0.1, -0.05) is 30.3 Å². The first-order chi connectivity index (χ1) is 10.8. The standard InChI is InChI=1S/C15H14F3N3O2/c16-15(17,18)10-7-12(14(23)20-8-10)21-13(22)11(19)6-9-4-2-1-3-5-9/h1-5,7-8,11H,6,19H2,(H,20,23)(H,21,22)/t11-/m0/s1. The number of pyridine rings is 1. The van der Waals surface area contributed by atoms with E-state index in [2.05, 4.69) is 5.32 Å². The summed E-state index contributed by atoms with van der Waals surface area (Å²) in [6.07, 6.45) is -3.89. The Kier molecular flexibility index (Phi) is 4.85. The molecule has 0 aliphatic heterocycles. The van der Waals surface area contributed by atoms with E-state index < -0.39 is 34.9 Å². The number of nitrogens with two attached hydrogens (primary N) is 1. The summed E-state index contributed by atoms with van der Waals surface area (Å²) in [7, 11) is 0. The molecule has 2 aromatic rings. The number of anilines is 1. The first-order valence-electron chi connectivity index (χ1n) is 6.67. The molecule has 0 saturated carbocycles. The van der Waals surface area contributed by atoms with Gasteiger partial charge >= 0.3 is 6.18 Å². The van der Waals surface area contributed by atoms with E-state index in [0.717, 1.165) is 5.56 Å². The Bertz CT molecular complexity index is 742. The van der Waals surface area contributed by atoms with Crippen LogP contribution in [0.2, 0.25) is 0 Å². The summed E-state index contributed by atoms with van der Waals surface area (Å²) in [6.45, 7) is 0. The van der Waals surface area contributed by atoms with Gasteiger partial charge in [0.15, 0.2) is 0 Å². The highest BCUT2D eigenvalue weighted by molar-refractivity contribution is 5.94. The number of aromatic nitrogens is 1. The SMILES string of the molecule is N[C@@H](Cc1ccccc1)C(=O)Nc1cc(C(F)(F)F)c[nH]c1=O. The number of hydrogen-bond donors (Lipinski definition) is 3. The molecule has 1 aromatic carbocycles. The Hall–Kier alpha value is -2.61. The molecule has 0 bridgehead atoms. The van der Waals surface area contributed by atoms with Crippen molar-refractivity contribution < 1.29 is 18.0 Å². The second-order valence-corrected chi connectivity index (χ2v) is 4.91. The van der Waals surface area contributed by atoms with Crippen molar-refractivity contribution in [3.8, 4) is 0 Å². The van der Waals surface area contributed by atoms with E-state index in [0.29, 0.717) is 12.3 Å². The molecule has 122 valence electrons. The summed E-state index contributed by atoms with van der Waals surface area (Å²) in [5.74, 6) is -0.737. The number of alkyl halides is 3. The van der Waals surface area contributed by atoms with Crippen molar-refractivity contribution >= 4 is 11.6 Å². The first kappa shape index (κ1) is 16.8. The molecule has 23 heavy (non-hydrogen) atoms.